The number of nitrogens with zero attached hydrogens (tertiary/aromatic N) is 2. The third-order valence-electron chi connectivity index (χ3n) is 4.06. The maximum Gasteiger partial charge on any atom is 0.237 e. The molecule has 0 radical (unpaired) electrons. The van der Waals surface area contributed by atoms with Gasteiger partial charge >= 0.3 is 0 Å². The molecule has 2 heterocycles. The van der Waals surface area contributed by atoms with E-state index in [1.165, 1.54) is 5.56 Å². The van der Waals surface area contributed by atoms with Gasteiger partial charge in [-0.05, 0) is 43.5 Å². The van der Waals surface area contributed by atoms with Crippen LogP contribution in [0.4, 0.5) is 5.82 Å². The Hall–Kier alpha value is -2.95. The van der Waals surface area contributed by atoms with Gasteiger partial charge in [0.2, 0.25) is 5.91 Å². The number of hydrogen-bond acceptors (Lipinski definition) is 3. The van der Waals surface area contributed by atoms with E-state index in [1.54, 1.807) is 18.7 Å². The fourth-order valence-corrected chi connectivity index (χ4v) is 2.48. The summed E-state index contributed by atoms with van der Waals surface area (Å²) in [6, 6.07) is 14.1. The van der Waals surface area contributed by atoms with Crippen molar-refractivity contribution in [1.29, 1.82) is 0 Å². The summed E-state index contributed by atoms with van der Waals surface area (Å²) < 4.78 is 0. The summed E-state index contributed by atoms with van der Waals surface area (Å²) in [5.74, 6) is 0.428. The van der Waals surface area contributed by atoms with Crippen LogP contribution in [0.3, 0.4) is 0 Å². The van der Waals surface area contributed by atoms with Gasteiger partial charge in [-0.1, -0.05) is 30.3 Å². The number of carbonyl (C=O) groups is 1. The SMILES string of the molecule is CC(C)(C(=O)Nc1cc(Cc2ccccc2)ccn1)c1cnc[nH]1. The number of anilines is 1. The third kappa shape index (κ3) is 3.51. The Morgan fingerprint density at radius 1 is 1.17 bits per heavy atom. The first-order valence-corrected chi connectivity index (χ1v) is 7.85. The minimum Gasteiger partial charge on any atom is -0.348 e. The number of benzene rings is 1. The molecule has 5 heteroatoms. The number of imidazole rings is 1. The summed E-state index contributed by atoms with van der Waals surface area (Å²) >= 11 is 0. The molecule has 0 spiro atoms. The van der Waals surface area contributed by atoms with Crippen LogP contribution in [0.5, 0.6) is 0 Å². The van der Waals surface area contributed by atoms with Gasteiger partial charge in [0.1, 0.15) is 5.82 Å². The molecule has 0 fully saturated rings. The molecule has 3 rings (SSSR count). The molecule has 0 saturated heterocycles. The van der Waals surface area contributed by atoms with E-state index < -0.39 is 5.41 Å². The van der Waals surface area contributed by atoms with Gasteiger partial charge in [-0.15, -0.1) is 0 Å². The molecule has 0 unspecified atom stereocenters. The van der Waals surface area contributed by atoms with E-state index in [-0.39, 0.29) is 5.91 Å². The summed E-state index contributed by atoms with van der Waals surface area (Å²) in [4.78, 5) is 23.8. The van der Waals surface area contributed by atoms with Crippen molar-refractivity contribution in [2.75, 3.05) is 5.32 Å². The van der Waals surface area contributed by atoms with Gasteiger partial charge in [-0.2, -0.15) is 0 Å². The van der Waals surface area contributed by atoms with Crippen LogP contribution in [0.25, 0.3) is 0 Å². The summed E-state index contributed by atoms with van der Waals surface area (Å²) in [5, 5.41) is 2.90. The Morgan fingerprint density at radius 2 is 1.96 bits per heavy atom. The van der Waals surface area contributed by atoms with Crippen LogP contribution < -0.4 is 5.32 Å². The first kappa shape index (κ1) is 15.9. The average Bonchev–Trinajstić information content (AvgIpc) is 3.11. The highest BCUT2D eigenvalue weighted by Crippen LogP contribution is 2.23. The van der Waals surface area contributed by atoms with E-state index >= 15 is 0 Å². The molecule has 122 valence electrons. The van der Waals surface area contributed by atoms with E-state index in [2.05, 4.69) is 32.4 Å². The monoisotopic (exact) mass is 320 g/mol. The van der Waals surface area contributed by atoms with E-state index in [1.807, 2.05) is 44.2 Å². The van der Waals surface area contributed by atoms with Crippen molar-refractivity contribution in [2.45, 2.75) is 25.7 Å². The molecule has 1 amide bonds. The van der Waals surface area contributed by atoms with Crippen LogP contribution in [0.15, 0.2) is 61.2 Å². The van der Waals surface area contributed by atoms with Crippen LogP contribution in [0.2, 0.25) is 0 Å². The molecule has 0 aliphatic rings. The van der Waals surface area contributed by atoms with Crippen molar-refractivity contribution >= 4 is 11.7 Å². The van der Waals surface area contributed by atoms with Crippen LogP contribution in [0.1, 0.15) is 30.7 Å². The molecule has 0 aliphatic heterocycles. The number of aromatic nitrogens is 3. The first-order valence-electron chi connectivity index (χ1n) is 7.85. The number of amides is 1. The Morgan fingerprint density at radius 3 is 2.67 bits per heavy atom. The lowest BCUT2D eigenvalue weighted by Gasteiger charge is -2.21. The molecule has 5 nitrogen and oxygen atoms in total. The zero-order valence-electron chi connectivity index (χ0n) is 13.8. The summed E-state index contributed by atoms with van der Waals surface area (Å²) in [7, 11) is 0. The molecule has 1 aromatic carbocycles. The zero-order chi connectivity index (χ0) is 17.0. The first-order chi connectivity index (χ1) is 11.6. The number of H-pyrrole nitrogens is 1. The zero-order valence-corrected chi connectivity index (χ0v) is 13.8. The second-order valence-electron chi connectivity index (χ2n) is 6.26. The molecule has 3 aromatic rings. The standard InChI is InChI=1S/C19H20N4O/c1-19(2,16-12-20-13-22-16)18(24)23-17-11-15(8-9-21-17)10-14-6-4-3-5-7-14/h3-9,11-13H,10H2,1-2H3,(H,20,22)(H,21,23,24). The van der Waals surface area contributed by atoms with Gasteiger partial charge in [-0.3, -0.25) is 4.79 Å². The maximum atomic E-state index is 12.6. The lowest BCUT2D eigenvalue weighted by Crippen LogP contribution is -2.35. The molecular weight excluding hydrogens is 300 g/mol. The van der Waals surface area contributed by atoms with Crippen LogP contribution >= 0.6 is 0 Å². The minimum absolute atomic E-state index is 0.129. The fraction of sp³-hybridized carbons (Fsp3) is 0.211. The number of aromatic amines is 1. The van der Waals surface area contributed by atoms with Crippen molar-refractivity contribution in [2.24, 2.45) is 0 Å². The topological polar surface area (TPSA) is 70.7 Å². The van der Waals surface area contributed by atoms with Gasteiger partial charge < -0.3 is 10.3 Å². The van der Waals surface area contributed by atoms with E-state index in [0.717, 1.165) is 17.7 Å². The number of carbonyl (C=O) groups excluding carboxylic acids is 1. The molecule has 0 aliphatic carbocycles. The normalized spacial score (nSPS) is 11.2. The van der Waals surface area contributed by atoms with Gasteiger partial charge in [0, 0.05) is 18.1 Å². The Bertz CT molecular complexity index is 810. The lowest BCUT2D eigenvalue weighted by molar-refractivity contribution is -0.120. The van der Waals surface area contributed by atoms with E-state index in [9.17, 15) is 4.79 Å². The predicted octanol–water partition coefficient (Wildman–Crippen LogP) is 3.31. The Balaban J connectivity index is 1.74. The van der Waals surface area contributed by atoms with Crippen molar-refractivity contribution < 1.29 is 4.79 Å². The molecule has 24 heavy (non-hydrogen) atoms. The number of nitrogens with one attached hydrogen (secondary N) is 2. The van der Waals surface area contributed by atoms with E-state index in [4.69, 9.17) is 0 Å². The predicted molar refractivity (Wildman–Crippen MR) is 93.7 cm³/mol. The highest BCUT2D eigenvalue weighted by atomic mass is 16.2. The van der Waals surface area contributed by atoms with Gasteiger partial charge in [0.25, 0.3) is 0 Å². The molecule has 0 bridgehead atoms. The Labute approximate surface area is 141 Å². The maximum absolute atomic E-state index is 12.6. The van der Waals surface area contributed by atoms with Gasteiger partial charge in [0.05, 0.1) is 11.7 Å². The number of hydrogen-bond donors (Lipinski definition) is 2. The van der Waals surface area contributed by atoms with Crippen molar-refractivity contribution in [3.63, 3.8) is 0 Å². The second-order valence-corrected chi connectivity index (χ2v) is 6.26. The smallest absolute Gasteiger partial charge is 0.237 e. The molecule has 0 atom stereocenters. The fourth-order valence-electron chi connectivity index (χ4n) is 2.48. The van der Waals surface area contributed by atoms with Gasteiger partial charge in [0.15, 0.2) is 0 Å². The van der Waals surface area contributed by atoms with Crippen molar-refractivity contribution in [3.05, 3.63) is 78.0 Å². The van der Waals surface area contributed by atoms with Crippen molar-refractivity contribution in [3.8, 4) is 0 Å². The van der Waals surface area contributed by atoms with Crippen LogP contribution in [-0.4, -0.2) is 20.9 Å². The second kappa shape index (κ2) is 6.66. The quantitative estimate of drug-likeness (QED) is 0.757. The van der Waals surface area contributed by atoms with Gasteiger partial charge in [-0.25, -0.2) is 9.97 Å². The highest BCUT2D eigenvalue weighted by Gasteiger charge is 2.31. The highest BCUT2D eigenvalue weighted by molar-refractivity contribution is 5.97. The van der Waals surface area contributed by atoms with E-state index in [0.29, 0.717) is 5.82 Å². The Kier molecular flexibility index (Phi) is 4.42. The third-order valence-corrected chi connectivity index (χ3v) is 4.06. The number of rotatable bonds is 5. The average molecular weight is 320 g/mol. The molecule has 0 saturated carbocycles. The van der Waals surface area contributed by atoms with Crippen LogP contribution in [-0.2, 0) is 16.6 Å². The van der Waals surface area contributed by atoms with Crippen molar-refractivity contribution in [1.82, 2.24) is 15.0 Å². The lowest BCUT2D eigenvalue weighted by atomic mass is 9.89. The molecule has 2 aromatic heterocycles. The minimum atomic E-state index is -0.715. The largest absolute Gasteiger partial charge is 0.348 e. The summed E-state index contributed by atoms with van der Waals surface area (Å²) in [5.41, 5.74) is 2.37. The van der Waals surface area contributed by atoms with Crippen LogP contribution in [0, 0.1) is 0 Å². The molecule has 2 N–H and O–H groups in total. The summed E-state index contributed by atoms with van der Waals surface area (Å²) in [6.07, 6.45) is 5.76. The number of pyridine rings is 1. The summed E-state index contributed by atoms with van der Waals surface area (Å²) in [6.45, 7) is 3.70. The molecular formula is C19H20N4O.